The van der Waals surface area contributed by atoms with Crippen LogP contribution in [-0.2, 0) is 29.0 Å². The molecule has 0 saturated heterocycles. The van der Waals surface area contributed by atoms with Gasteiger partial charge in [-0.3, -0.25) is 4.79 Å². The van der Waals surface area contributed by atoms with Gasteiger partial charge in [0.15, 0.2) is 0 Å². The lowest BCUT2D eigenvalue weighted by Crippen LogP contribution is -2.30. The van der Waals surface area contributed by atoms with E-state index in [0.29, 0.717) is 19.4 Å². The van der Waals surface area contributed by atoms with Crippen molar-refractivity contribution in [3.63, 3.8) is 0 Å². The molecule has 0 aliphatic carbocycles. The monoisotopic (exact) mass is 358 g/mol. The zero-order valence-corrected chi connectivity index (χ0v) is 14.8. The summed E-state index contributed by atoms with van der Waals surface area (Å²) < 4.78 is 5.57. The zero-order valence-electron chi connectivity index (χ0n) is 14.8. The van der Waals surface area contributed by atoms with Crippen LogP contribution in [0.5, 0.6) is 0 Å². The third-order valence-corrected chi connectivity index (χ3v) is 4.39. The summed E-state index contributed by atoms with van der Waals surface area (Å²) in [6.07, 6.45) is 0.173. The minimum absolute atomic E-state index is 0.0591. The van der Waals surface area contributed by atoms with Crippen molar-refractivity contribution in [3.8, 4) is 0 Å². The van der Waals surface area contributed by atoms with Crippen LogP contribution < -0.4 is 0 Å². The van der Waals surface area contributed by atoms with Gasteiger partial charge in [-0.2, -0.15) is 0 Å². The lowest BCUT2D eigenvalue weighted by atomic mass is 9.91. The molecular formula is C21H26O5. The summed E-state index contributed by atoms with van der Waals surface area (Å²) in [5.41, 5.74) is 2.92. The van der Waals surface area contributed by atoms with Gasteiger partial charge in [0.1, 0.15) is 0 Å². The first-order chi connectivity index (χ1) is 12.6. The number of ether oxygens (including phenoxy) is 1. The highest BCUT2D eigenvalue weighted by molar-refractivity contribution is 5.67. The van der Waals surface area contributed by atoms with Gasteiger partial charge in [-0.15, -0.1) is 0 Å². The Bertz CT molecular complexity index is 671. The molecule has 2 rings (SSSR count). The fourth-order valence-corrected chi connectivity index (χ4v) is 2.85. The van der Waals surface area contributed by atoms with Gasteiger partial charge in [0.2, 0.25) is 0 Å². The molecule has 2 aromatic carbocycles. The Kier molecular flexibility index (Phi) is 8.28. The summed E-state index contributed by atoms with van der Waals surface area (Å²) in [5.74, 6) is -1.20. The number of carbonyl (C=O) groups is 1. The van der Waals surface area contributed by atoms with E-state index in [4.69, 9.17) is 9.84 Å². The predicted octanol–water partition coefficient (Wildman–Crippen LogP) is 2.43. The molecule has 0 spiro atoms. The number of aryl methyl sites for hydroxylation is 1. The van der Waals surface area contributed by atoms with Crippen LogP contribution in [-0.4, -0.2) is 40.6 Å². The molecule has 0 heterocycles. The van der Waals surface area contributed by atoms with Crippen LogP contribution in [0.25, 0.3) is 0 Å². The Morgan fingerprint density at radius 1 is 1.00 bits per heavy atom. The summed E-state index contributed by atoms with van der Waals surface area (Å²) >= 11 is 0. The Morgan fingerprint density at radius 2 is 1.65 bits per heavy atom. The Hall–Kier alpha value is -2.21. The van der Waals surface area contributed by atoms with Gasteiger partial charge in [0.25, 0.3) is 0 Å². The summed E-state index contributed by atoms with van der Waals surface area (Å²) in [6.45, 7) is 0.381. The van der Waals surface area contributed by atoms with Gasteiger partial charge in [-0.1, -0.05) is 54.6 Å². The van der Waals surface area contributed by atoms with E-state index in [-0.39, 0.29) is 25.6 Å². The maximum atomic E-state index is 10.8. The molecule has 0 unspecified atom stereocenters. The van der Waals surface area contributed by atoms with Crippen molar-refractivity contribution in [1.29, 1.82) is 0 Å². The van der Waals surface area contributed by atoms with Crippen LogP contribution in [0, 0.1) is 5.92 Å². The van der Waals surface area contributed by atoms with Crippen molar-refractivity contribution >= 4 is 5.97 Å². The van der Waals surface area contributed by atoms with E-state index in [1.54, 1.807) is 0 Å². The molecule has 5 nitrogen and oxygen atoms in total. The smallest absolute Gasteiger partial charge is 0.303 e. The van der Waals surface area contributed by atoms with E-state index >= 15 is 0 Å². The number of carboxylic acids is 1. The van der Waals surface area contributed by atoms with Gasteiger partial charge in [0, 0.05) is 18.9 Å². The zero-order chi connectivity index (χ0) is 18.8. The van der Waals surface area contributed by atoms with E-state index in [1.807, 2.05) is 54.6 Å². The molecule has 26 heavy (non-hydrogen) atoms. The van der Waals surface area contributed by atoms with Crippen molar-refractivity contribution in [2.45, 2.75) is 32.0 Å². The Labute approximate surface area is 153 Å². The molecular weight excluding hydrogens is 332 g/mol. The third-order valence-electron chi connectivity index (χ3n) is 4.39. The quantitative estimate of drug-likeness (QED) is 0.574. The fraction of sp³-hybridized carbons (Fsp3) is 0.381. The van der Waals surface area contributed by atoms with Gasteiger partial charge in [0.05, 0.1) is 19.3 Å². The van der Waals surface area contributed by atoms with E-state index < -0.39 is 12.1 Å². The van der Waals surface area contributed by atoms with E-state index in [0.717, 1.165) is 16.7 Å². The van der Waals surface area contributed by atoms with Crippen LogP contribution in [0.4, 0.5) is 0 Å². The molecule has 0 bridgehead atoms. The van der Waals surface area contributed by atoms with Crippen molar-refractivity contribution < 1.29 is 24.9 Å². The molecule has 0 aliphatic rings. The molecule has 5 heteroatoms. The molecule has 0 radical (unpaired) electrons. The van der Waals surface area contributed by atoms with Gasteiger partial charge in [-0.25, -0.2) is 0 Å². The average Bonchev–Trinajstić information content (AvgIpc) is 2.65. The second-order valence-electron chi connectivity index (χ2n) is 6.38. The molecule has 0 fully saturated rings. The first-order valence-corrected chi connectivity index (χ1v) is 8.79. The van der Waals surface area contributed by atoms with E-state index in [9.17, 15) is 15.0 Å². The number of carboxylic acid groups (broad SMARTS) is 1. The number of benzene rings is 2. The van der Waals surface area contributed by atoms with Crippen LogP contribution in [0.15, 0.2) is 54.6 Å². The van der Waals surface area contributed by atoms with Crippen LogP contribution >= 0.6 is 0 Å². The molecule has 0 aromatic heterocycles. The molecule has 140 valence electrons. The predicted molar refractivity (Wildman–Crippen MR) is 98.8 cm³/mol. The molecule has 2 aromatic rings. The summed E-state index contributed by atoms with van der Waals surface area (Å²) in [6, 6.07) is 17.3. The maximum absolute atomic E-state index is 10.8. The summed E-state index contributed by atoms with van der Waals surface area (Å²) in [5, 5.41) is 28.9. The van der Waals surface area contributed by atoms with E-state index in [1.165, 1.54) is 0 Å². The second kappa shape index (κ2) is 10.7. The number of aliphatic hydroxyl groups excluding tert-OH is 2. The van der Waals surface area contributed by atoms with Crippen molar-refractivity contribution in [2.24, 2.45) is 5.92 Å². The van der Waals surface area contributed by atoms with Gasteiger partial charge < -0.3 is 20.1 Å². The summed E-state index contributed by atoms with van der Waals surface area (Å²) in [7, 11) is 0. The van der Waals surface area contributed by atoms with Crippen LogP contribution in [0.2, 0.25) is 0 Å². The number of aliphatic carboxylic acids is 1. The van der Waals surface area contributed by atoms with Crippen molar-refractivity contribution in [3.05, 3.63) is 71.3 Å². The Balaban J connectivity index is 1.90. The lowest BCUT2D eigenvalue weighted by Gasteiger charge is -2.22. The highest BCUT2D eigenvalue weighted by atomic mass is 16.5. The minimum Gasteiger partial charge on any atom is -0.481 e. The third kappa shape index (κ3) is 6.59. The number of aliphatic hydroxyl groups is 2. The molecule has 0 aliphatic heterocycles. The van der Waals surface area contributed by atoms with Crippen LogP contribution in [0.1, 0.15) is 23.1 Å². The Morgan fingerprint density at radius 3 is 2.31 bits per heavy atom. The standard InChI is InChI=1S/C21H26O5/c22-13-19(20(23)15-26-14-16-6-2-1-3-7-16)12-18-9-5-4-8-17(18)10-11-21(24)25/h1-9,19-20,22-23H,10-15H2,(H,24,25)/t19-,20-/m1/s1. The second-order valence-corrected chi connectivity index (χ2v) is 6.38. The highest BCUT2D eigenvalue weighted by Crippen LogP contribution is 2.18. The van der Waals surface area contributed by atoms with Gasteiger partial charge in [-0.05, 0) is 29.5 Å². The first kappa shape index (κ1) is 20.1. The summed E-state index contributed by atoms with van der Waals surface area (Å²) in [4.78, 5) is 10.8. The van der Waals surface area contributed by atoms with Crippen molar-refractivity contribution in [1.82, 2.24) is 0 Å². The molecule has 3 N–H and O–H groups in total. The van der Waals surface area contributed by atoms with Crippen molar-refractivity contribution in [2.75, 3.05) is 13.2 Å². The van der Waals surface area contributed by atoms with E-state index in [2.05, 4.69) is 0 Å². The van der Waals surface area contributed by atoms with Gasteiger partial charge >= 0.3 is 5.97 Å². The lowest BCUT2D eigenvalue weighted by molar-refractivity contribution is -0.136. The number of hydrogen-bond acceptors (Lipinski definition) is 4. The minimum atomic E-state index is -0.840. The normalized spacial score (nSPS) is 13.3. The molecule has 0 saturated carbocycles. The largest absolute Gasteiger partial charge is 0.481 e. The maximum Gasteiger partial charge on any atom is 0.303 e. The van der Waals surface area contributed by atoms with Crippen LogP contribution in [0.3, 0.4) is 0 Å². The topological polar surface area (TPSA) is 87.0 Å². The SMILES string of the molecule is O=C(O)CCc1ccccc1C[C@H](CO)[C@H](O)COCc1ccccc1. The number of rotatable bonds is 11. The number of hydrogen-bond donors (Lipinski definition) is 3. The molecule has 2 atom stereocenters. The average molecular weight is 358 g/mol. The highest BCUT2D eigenvalue weighted by Gasteiger charge is 2.20. The fourth-order valence-electron chi connectivity index (χ4n) is 2.85. The molecule has 0 amide bonds. The first-order valence-electron chi connectivity index (χ1n) is 8.79.